The van der Waals surface area contributed by atoms with E-state index in [9.17, 15) is 4.79 Å². The van der Waals surface area contributed by atoms with E-state index in [1.807, 2.05) is 31.2 Å². The fourth-order valence-corrected chi connectivity index (χ4v) is 3.92. The first-order valence-electron chi connectivity index (χ1n) is 9.98. The summed E-state index contributed by atoms with van der Waals surface area (Å²) >= 11 is 0. The highest BCUT2D eigenvalue weighted by molar-refractivity contribution is 6.08. The third kappa shape index (κ3) is 4.14. The number of aromatic nitrogens is 2. The summed E-state index contributed by atoms with van der Waals surface area (Å²) < 4.78 is 5.27. The minimum Gasteiger partial charge on any atom is -0.497 e. The van der Waals surface area contributed by atoms with Crippen molar-refractivity contribution in [1.82, 2.24) is 9.97 Å². The van der Waals surface area contributed by atoms with E-state index in [1.54, 1.807) is 31.5 Å². The molecule has 0 radical (unpaired) electrons. The zero-order valence-corrected chi connectivity index (χ0v) is 16.8. The Morgan fingerprint density at radius 3 is 2.72 bits per heavy atom. The Hall–Kier alpha value is -3.21. The van der Waals surface area contributed by atoms with Crippen molar-refractivity contribution in [2.75, 3.05) is 25.1 Å². The first-order valence-corrected chi connectivity index (χ1v) is 9.98. The Balaban J connectivity index is 0.00000256. The molecule has 150 valence electrons. The Labute approximate surface area is 172 Å². The summed E-state index contributed by atoms with van der Waals surface area (Å²) in [5.74, 6) is 2.09. The van der Waals surface area contributed by atoms with Crippen molar-refractivity contribution < 1.29 is 11.0 Å². The minimum absolute atomic E-state index is 0. The predicted molar refractivity (Wildman–Crippen MR) is 116 cm³/mol. The molecule has 3 heterocycles. The monoisotopic (exact) mass is 389 g/mol. The van der Waals surface area contributed by atoms with Gasteiger partial charge in [0.1, 0.15) is 17.3 Å². The van der Waals surface area contributed by atoms with Crippen LogP contribution in [0.5, 0.6) is 5.75 Å². The van der Waals surface area contributed by atoms with Crippen LogP contribution in [0.15, 0.2) is 60.8 Å². The molecule has 2 aromatic heterocycles. The van der Waals surface area contributed by atoms with Crippen molar-refractivity contribution in [3.63, 3.8) is 0 Å². The molecule has 0 amide bonds. The van der Waals surface area contributed by atoms with Crippen molar-refractivity contribution >= 4 is 11.6 Å². The zero-order valence-electron chi connectivity index (χ0n) is 16.8. The number of hydrogen-bond acceptors (Lipinski definition) is 5. The van der Waals surface area contributed by atoms with E-state index >= 15 is 0 Å². The van der Waals surface area contributed by atoms with Gasteiger partial charge in [-0.05, 0) is 61.7 Å². The minimum atomic E-state index is -0.0823. The molecule has 1 fully saturated rings. The lowest BCUT2D eigenvalue weighted by Crippen LogP contribution is -2.35. The molecule has 29 heavy (non-hydrogen) atoms. The van der Waals surface area contributed by atoms with Crippen LogP contribution < -0.4 is 9.64 Å². The Morgan fingerprint density at radius 1 is 1.14 bits per heavy atom. The summed E-state index contributed by atoms with van der Waals surface area (Å²) in [5, 5.41) is 0. The van der Waals surface area contributed by atoms with Gasteiger partial charge >= 0.3 is 0 Å². The first-order chi connectivity index (χ1) is 14.2. The molecule has 1 aliphatic rings. The maximum absolute atomic E-state index is 12.9. The second-order valence-corrected chi connectivity index (χ2v) is 7.40. The number of rotatable bonds is 5. The molecular formula is C24H27N3O2. The Bertz CT molecular complexity index is 1010. The molecule has 0 saturated carbocycles. The van der Waals surface area contributed by atoms with Gasteiger partial charge in [-0.1, -0.05) is 18.2 Å². The highest BCUT2D eigenvalue weighted by Gasteiger charge is 2.23. The van der Waals surface area contributed by atoms with Crippen LogP contribution in [0.4, 0.5) is 5.82 Å². The van der Waals surface area contributed by atoms with Gasteiger partial charge in [0.25, 0.3) is 0 Å². The lowest BCUT2D eigenvalue weighted by Gasteiger charge is -2.34. The highest BCUT2D eigenvalue weighted by Crippen LogP contribution is 2.30. The summed E-state index contributed by atoms with van der Waals surface area (Å²) in [5.41, 5.74) is 3.10. The van der Waals surface area contributed by atoms with Gasteiger partial charge in [0, 0.05) is 37.9 Å². The molecule has 1 saturated heterocycles. The second kappa shape index (κ2) is 8.43. The quantitative estimate of drug-likeness (QED) is 0.594. The number of pyridine rings is 2. The number of benzene rings is 1. The van der Waals surface area contributed by atoms with E-state index in [0.717, 1.165) is 43.2 Å². The molecule has 1 unspecified atom stereocenters. The number of carbonyl (C=O) groups is 1. The summed E-state index contributed by atoms with van der Waals surface area (Å²) in [6, 6.07) is 17.6. The number of ether oxygens (including phenoxy) is 1. The number of aryl methyl sites for hydroxylation is 1. The van der Waals surface area contributed by atoms with Crippen LogP contribution in [0.25, 0.3) is 0 Å². The van der Waals surface area contributed by atoms with Gasteiger partial charge in [-0.2, -0.15) is 0 Å². The van der Waals surface area contributed by atoms with Crippen molar-refractivity contribution in [3.8, 4) is 5.75 Å². The molecular weight excluding hydrogens is 362 g/mol. The van der Waals surface area contributed by atoms with Crippen LogP contribution in [0.1, 0.15) is 47.5 Å². The standard InChI is InChI=1S/C24H25N3O2.H2/c1-17-21(7-4-14-25-17)24(28)22-8-3-9-23(26-22)27-15-5-6-19(16-27)18-10-12-20(29-2)13-11-18;/h3-4,7-14,19H,5-6,15-16H2,1-2H3;1H. The number of anilines is 1. The Kier molecular flexibility index (Phi) is 5.56. The van der Waals surface area contributed by atoms with Crippen LogP contribution in [-0.4, -0.2) is 36.0 Å². The van der Waals surface area contributed by atoms with E-state index in [1.165, 1.54) is 5.56 Å². The maximum atomic E-state index is 12.9. The number of nitrogens with zero attached hydrogens (tertiary/aromatic N) is 3. The lowest BCUT2D eigenvalue weighted by molar-refractivity contribution is 0.103. The summed E-state index contributed by atoms with van der Waals surface area (Å²) in [6.07, 6.45) is 3.94. The third-order valence-electron chi connectivity index (χ3n) is 5.55. The van der Waals surface area contributed by atoms with Gasteiger partial charge in [0.05, 0.1) is 7.11 Å². The van der Waals surface area contributed by atoms with Crippen LogP contribution >= 0.6 is 0 Å². The molecule has 5 nitrogen and oxygen atoms in total. The van der Waals surface area contributed by atoms with E-state index in [-0.39, 0.29) is 7.21 Å². The van der Waals surface area contributed by atoms with Crippen LogP contribution in [0.2, 0.25) is 0 Å². The van der Waals surface area contributed by atoms with Crippen LogP contribution in [0, 0.1) is 6.92 Å². The molecule has 3 aromatic rings. The van der Waals surface area contributed by atoms with Gasteiger partial charge in [0.2, 0.25) is 5.78 Å². The van der Waals surface area contributed by atoms with Crippen molar-refractivity contribution in [2.24, 2.45) is 0 Å². The lowest BCUT2D eigenvalue weighted by atomic mass is 9.90. The molecule has 1 aromatic carbocycles. The van der Waals surface area contributed by atoms with Gasteiger partial charge in [-0.15, -0.1) is 0 Å². The van der Waals surface area contributed by atoms with Gasteiger partial charge in [0.15, 0.2) is 0 Å². The third-order valence-corrected chi connectivity index (χ3v) is 5.55. The normalized spacial score (nSPS) is 16.5. The number of piperidine rings is 1. The average Bonchev–Trinajstić information content (AvgIpc) is 2.79. The zero-order chi connectivity index (χ0) is 20.2. The van der Waals surface area contributed by atoms with Crippen LogP contribution in [0.3, 0.4) is 0 Å². The largest absolute Gasteiger partial charge is 0.497 e. The summed E-state index contributed by atoms with van der Waals surface area (Å²) in [7, 11) is 1.68. The second-order valence-electron chi connectivity index (χ2n) is 7.40. The van der Waals surface area contributed by atoms with E-state index in [2.05, 4.69) is 22.0 Å². The van der Waals surface area contributed by atoms with E-state index in [4.69, 9.17) is 9.72 Å². The fraction of sp³-hybridized carbons (Fsp3) is 0.292. The van der Waals surface area contributed by atoms with Crippen molar-refractivity contribution in [1.29, 1.82) is 0 Å². The van der Waals surface area contributed by atoms with Crippen molar-refractivity contribution in [3.05, 3.63) is 83.3 Å². The maximum Gasteiger partial charge on any atom is 0.213 e. The molecule has 5 heteroatoms. The average molecular weight is 389 g/mol. The molecule has 0 N–H and O–H groups in total. The first kappa shape index (κ1) is 19.1. The fourth-order valence-electron chi connectivity index (χ4n) is 3.92. The highest BCUT2D eigenvalue weighted by atomic mass is 16.5. The van der Waals surface area contributed by atoms with Gasteiger partial charge in [-0.3, -0.25) is 9.78 Å². The number of hydrogen-bond donors (Lipinski definition) is 0. The van der Waals surface area contributed by atoms with Gasteiger partial charge in [-0.25, -0.2) is 4.98 Å². The molecule has 1 atom stereocenters. The smallest absolute Gasteiger partial charge is 0.213 e. The van der Waals surface area contributed by atoms with Crippen molar-refractivity contribution in [2.45, 2.75) is 25.7 Å². The Morgan fingerprint density at radius 2 is 1.97 bits per heavy atom. The predicted octanol–water partition coefficient (Wildman–Crippen LogP) is 4.65. The summed E-state index contributed by atoms with van der Waals surface area (Å²) in [6.45, 7) is 3.69. The van der Waals surface area contributed by atoms with E-state index in [0.29, 0.717) is 17.2 Å². The SMILES string of the molecule is COc1ccc(C2CCCN(c3cccc(C(=O)c4cccnc4C)n3)C2)cc1.[HH]. The van der Waals surface area contributed by atoms with E-state index < -0.39 is 0 Å². The number of methoxy groups -OCH3 is 1. The van der Waals surface area contributed by atoms with Crippen LogP contribution in [-0.2, 0) is 0 Å². The topological polar surface area (TPSA) is 55.3 Å². The van der Waals surface area contributed by atoms with Gasteiger partial charge < -0.3 is 9.64 Å². The summed E-state index contributed by atoms with van der Waals surface area (Å²) in [4.78, 5) is 24.1. The molecule has 0 aliphatic carbocycles. The number of carbonyl (C=O) groups excluding carboxylic acids is 1. The molecule has 1 aliphatic heterocycles. The number of ketones is 1. The molecule has 0 spiro atoms. The molecule has 0 bridgehead atoms. The molecule has 4 rings (SSSR count).